The molecule has 2 aromatic heterocycles. The number of nitrogens with zero attached hydrogens (tertiary/aromatic N) is 3. The molecule has 4 rings (SSSR count). The summed E-state index contributed by atoms with van der Waals surface area (Å²) < 4.78 is 39.4. The fourth-order valence-corrected chi connectivity index (χ4v) is 5.62. The maximum absolute atomic E-state index is 12.7. The molecule has 0 atom stereocenters. The summed E-state index contributed by atoms with van der Waals surface area (Å²) in [4.78, 5) is 19.0. The largest absolute Gasteiger partial charge is 0.489 e. The van der Waals surface area contributed by atoms with Crippen LogP contribution < -0.4 is 14.4 Å². The lowest BCUT2D eigenvalue weighted by atomic mass is 10.1. The van der Waals surface area contributed by atoms with Crippen molar-refractivity contribution in [2.45, 2.75) is 38.8 Å². The van der Waals surface area contributed by atoms with Crippen LogP contribution in [0.3, 0.4) is 0 Å². The second-order valence-electron chi connectivity index (χ2n) is 8.53. The molecule has 4 aromatic rings. The zero-order valence-corrected chi connectivity index (χ0v) is 23.5. The van der Waals surface area contributed by atoms with Gasteiger partial charge in [-0.15, -0.1) is 0 Å². The molecule has 0 spiro atoms. The van der Waals surface area contributed by atoms with E-state index in [-0.39, 0.29) is 21.9 Å². The standard InChI is InChI=1S/C27H27BrN4O5S/c1-4-32(16-22-14-23(28)11-12-24(22)36-17-20-8-6-5-7-9-20)25-13-10-21(15-29-25)27(33)31-38(34,35)26-18(2)30-37-19(26)3/h5-15H,4,16-17H2,1-3H3,(H,31,33). The van der Waals surface area contributed by atoms with Crippen molar-refractivity contribution in [2.24, 2.45) is 0 Å². The summed E-state index contributed by atoms with van der Waals surface area (Å²) in [6.07, 6.45) is 1.35. The number of aromatic nitrogens is 2. The number of halogens is 1. The number of anilines is 1. The molecule has 1 N–H and O–H groups in total. The Balaban J connectivity index is 1.48. The summed E-state index contributed by atoms with van der Waals surface area (Å²) in [5.74, 6) is 0.702. The van der Waals surface area contributed by atoms with Crippen LogP contribution in [-0.4, -0.2) is 31.0 Å². The highest BCUT2D eigenvalue weighted by Crippen LogP contribution is 2.27. The highest BCUT2D eigenvalue weighted by molar-refractivity contribution is 9.10. The Kier molecular flexibility index (Phi) is 8.48. The molecule has 38 heavy (non-hydrogen) atoms. The molecule has 0 radical (unpaired) electrons. The van der Waals surface area contributed by atoms with Gasteiger partial charge in [-0.25, -0.2) is 18.1 Å². The van der Waals surface area contributed by atoms with Gasteiger partial charge >= 0.3 is 0 Å². The van der Waals surface area contributed by atoms with Crippen molar-refractivity contribution in [2.75, 3.05) is 11.4 Å². The van der Waals surface area contributed by atoms with Gasteiger partial charge < -0.3 is 14.2 Å². The number of hydrogen-bond acceptors (Lipinski definition) is 8. The van der Waals surface area contributed by atoms with Crippen molar-refractivity contribution in [1.29, 1.82) is 0 Å². The SMILES string of the molecule is CCN(Cc1cc(Br)ccc1OCc1ccccc1)c1ccc(C(=O)NS(=O)(=O)c2c(C)noc2C)cn1. The molecule has 2 aromatic carbocycles. The van der Waals surface area contributed by atoms with Crippen LogP contribution >= 0.6 is 15.9 Å². The van der Waals surface area contributed by atoms with E-state index in [1.807, 2.05) is 60.4 Å². The summed E-state index contributed by atoms with van der Waals surface area (Å²) in [5, 5.41) is 3.64. The molecule has 0 bridgehead atoms. The number of benzene rings is 2. The Hall–Kier alpha value is -3.70. The van der Waals surface area contributed by atoms with Gasteiger partial charge in [0, 0.05) is 29.3 Å². The van der Waals surface area contributed by atoms with Gasteiger partial charge in [0.15, 0.2) is 10.7 Å². The van der Waals surface area contributed by atoms with Crippen molar-refractivity contribution in [1.82, 2.24) is 14.9 Å². The third kappa shape index (κ3) is 6.40. The summed E-state index contributed by atoms with van der Waals surface area (Å²) >= 11 is 3.54. The van der Waals surface area contributed by atoms with Crippen molar-refractivity contribution in [3.8, 4) is 5.75 Å². The molecule has 2 heterocycles. The van der Waals surface area contributed by atoms with Gasteiger partial charge in [-0.05, 0) is 56.7 Å². The maximum atomic E-state index is 12.7. The molecule has 0 aliphatic carbocycles. The van der Waals surface area contributed by atoms with Gasteiger partial charge in [0.05, 0.1) is 5.56 Å². The van der Waals surface area contributed by atoms with Gasteiger partial charge in [0.1, 0.15) is 23.9 Å². The van der Waals surface area contributed by atoms with Crippen molar-refractivity contribution in [3.63, 3.8) is 0 Å². The molecular formula is C27H27BrN4O5S. The third-order valence-electron chi connectivity index (χ3n) is 5.80. The Labute approximate surface area is 230 Å². The van der Waals surface area contributed by atoms with Crippen LogP contribution in [0, 0.1) is 13.8 Å². The first-order valence-electron chi connectivity index (χ1n) is 11.8. The number of hydrogen-bond donors (Lipinski definition) is 1. The smallest absolute Gasteiger partial charge is 0.269 e. The first-order chi connectivity index (χ1) is 18.2. The molecule has 0 saturated heterocycles. The van der Waals surface area contributed by atoms with E-state index in [0.717, 1.165) is 21.3 Å². The lowest BCUT2D eigenvalue weighted by Gasteiger charge is -2.24. The lowest BCUT2D eigenvalue weighted by molar-refractivity contribution is 0.0981. The topological polar surface area (TPSA) is 115 Å². The van der Waals surface area contributed by atoms with Crippen molar-refractivity contribution in [3.05, 3.63) is 99.5 Å². The summed E-state index contributed by atoms with van der Waals surface area (Å²) in [6, 6.07) is 19.0. The number of carbonyl (C=O) groups is 1. The number of ether oxygens (including phenoxy) is 1. The second kappa shape index (κ2) is 11.8. The van der Waals surface area contributed by atoms with Crippen LogP contribution in [0.5, 0.6) is 5.75 Å². The van der Waals surface area contributed by atoms with E-state index < -0.39 is 15.9 Å². The maximum Gasteiger partial charge on any atom is 0.269 e. The van der Waals surface area contributed by atoms with Crippen LogP contribution in [-0.2, 0) is 23.2 Å². The average molecular weight is 600 g/mol. The van der Waals surface area contributed by atoms with Crippen LogP contribution in [0.4, 0.5) is 5.82 Å². The Morgan fingerprint density at radius 3 is 2.50 bits per heavy atom. The first-order valence-corrected chi connectivity index (χ1v) is 14.1. The number of aryl methyl sites for hydroxylation is 2. The summed E-state index contributed by atoms with van der Waals surface area (Å²) in [7, 11) is -4.14. The zero-order chi connectivity index (χ0) is 27.3. The zero-order valence-electron chi connectivity index (χ0n) is 21.1. The van der Waals surface area contributed by atoms with Gasteiger partial charge in [-0.1, -0.05) is 51.4 Å². The average Bonchev–Trinajstić information content (AvgIpc) is 3.25. The minimum absolute atomic E-state index is 0.106. The lowest BCUT2D eigenvalue weighted by Crippen LogP contribution is -2.31. The second-order valence-corrected chi connectivity index (χ2v) is 11.1. The Morgan fingerprint density at radius 1 is 1.11 bits per heavy atom. The number of carbonyl (C=O) groups excluding carboxylic acids is 1. The van der Waals surface area contributed by atoms with Gasteiger partial charge in [0.25, 0.3) is 15.9 Å². The fourth-order valence-electron chi connectivity index (χ4n) is 3.91. The Bertz CT molecular complexity index is 1500. The fraction of sp³-hybridized carbons (Fsp3) is 0.222. The quantitative estimate of drug-likeness (QED) is 0.266. The number of nitrogens with one attached hydrogen (secondary N) is 1. The molecule has 198 valence electrons. The number of sulfonamides is 1. The molecule has 0 fully saturated rings. The van der Waals surface area contributed by atoms with Gasteiger partial charge in [-0.3, -0.25) is 4.79 Å². The van der Waals surface area contributed by atoms with Crippen molar-refractivity contribution >= 4 is 37.7 Å². The van der Waals surface area contributed by atoms with E-state index in [1.54, 1.807) is 6.07 Å². The van der Waals surface area contributed by atoms with Gasteiger partial charge in [0.2, 0.25) is 0 Å². The highest BCUT2D eigenvalue weighted by Gasteiger charge is 2.27. The van der Waals surface area contributed by atoms with Crippen LogP contribution in [0.15, 0.2) is 80.8 Å². The predicted molar refractivity (Wildman–Crippen MR) is 147 cm³/mol. The molecule has 0 aliphatic rings. The first kappa shape index (κ1) is 27.3. The van der Waals surface area contributed by atoms with E-state index in [0.29, 0.717) is 25.5 Å². The van der Waals surface area contributed by atoms with Crippen LogP contribution in [0.2, 0.25) is 0 Å². The van der Waals surface area contributed by atoms with E-state index in [1.165, 1.54) is 26.1 Å². The van der Waals surface area contributed by atoms with Crippen LogP contribution in [0.1, 0.15) is 39.9 Å². The number of pyridine rings is 1. The molecular weight excluding hydrogens is 572 g/mol. The number of amides is 1. The molecule has 0 saturated carbocycles. The summed E-state index contributed by atoms with van der Waals surface area (Å²) in [6.45, 7) is 6.57. The monoisotopic (exact) mass is 598 g/mol. The molecule has 0 unspecified atom stereocenters. The van der Waals surface area contributed by atoms with E-state index in [2.05, 4.69) is 30.8 Å². The minimum Gasteiger partial charge on any atom is -0.489 e. The third-order valence-corrected chi connectivity index (χ3v) is 7.87. The van der Waals surface area contributed by atoms with Gasteiger partial charge in [-0.2, -0.15) is 0 Å². The molecule has 0 aliphatic heterocycles. The van der Waals surface area contributed by atoms with Crippen molar-refractivity contribution < 1.29 is 22.5 Å². The highest BCUT2D eigenvalue weighted by atomic mass is 79.9. The summed E-state index contributed by atoms with van der Waals surface area (Å²) in [5.41, 5.74) is 2.32. The molecule has 9 nitrogen and oxygen atoms in total. The Morgan fingerprint density at radius 2 is 1.87 bits per heavy atom. The molecule has 1 amide bonds. The minimum atomic E-state index is -4.14. The van der Waals surface area contributed by atoms with E-state index in [4.69, 9.17) is 9.26 Å². The normalized spacial score (nSPS) is 11.3. The molecule has 11 heteroatoms. The van der Waals surface area contributed by atoms with E-state index >= 15 is 0 Å². The van der Waals surface area contributed by atoms with E-state index in [9.17, 15) is 13.2 Å². The van der Waals surface area contributed by atoms with Crippen LogP contribution in [0.25, 0.3) is 0 Å². The predicted octanol–water partition coefficient (Wildman–Crippen LogP) is 5.17. The number of rotatable bonds is 10.